The first kappa shape index (κ1) is 11.9. The van der Waals surface area contributed by atoms with Crippen molar-refractivity contribution in [2.24, 2.45) is 0 Å². The topological polar surface area (TPSA) is 50.3 Å². The van der Waals surface area contributed by atoms with Crippen molar-refractivity contribution < 1.29 is 4.74 Å². The van der Waals surface area contributed by atoms with E-state index in [0.717, 1.165) is 57.3 Å². The Kier molecular flexibility index (Phi) is 3.18. The molecule has 1 spiro atoms. The van der Waals surface area contributed by atoms with Gasteiger partial charge >= 0.3 is 0 Å². The van der Waals surface area contributed by atoms with Gasteiger partial charge in [0.1, 0.15) is 11.6 Å². The average Bonchev–Trinajstić information content (AvgIpc) is 2.40. The zero-order valence-corrected chi connectivity index (χ0v) is 10.9. The molecule has 0 saturated carbocycles. The summed E-state index contributed by atoms with van der Waals surface area (Å²) in [6, 6.07) is 1.99. The van der Waals surface area contributed by atoms with Gasteiger partial charge in [-0.3, -0.25) is 0 Å². The van der Waals surface area contributed by atoms with Crippen molar-refractivity contribution in [1.29, 1.82) is 0 Å². The Hall–Kier alpha value is -1.20. The smallest absolute Gasteiger partial charge is 0.132 e. The molecule has 0 aliphatic carbocycles. The second kappa shape index (κ2) is 4.82. The first-order valence-electron chi connectivity index (χ1n) is 6.67. The molecule has 1 aromatic rings. The van der Waals surface area contributed by atoms with Crippen LogP contribution >= 0.6 is 0 Å². The van der Waals surface area contributed by atoms with Gasteiger partial charge in [0.05, 0.1) is 12.2 Å². The number of ether oxygens (including phenoxy) is 1. The first-order valence-corrected chi connectivity index (χ1v) is 6.67. The Morgan fingerprint density at radius 2 is 2.22 bits per heavy atom. The van der Waals surface area contributed by atoms with E-state index in [-0.39, 0.29) is 5.60 Å². The minimum absolute atomic E-state index is 0.0301. The highest BCUT2D eigenvalue weighted by Crippen LogP contribution is 2.29. The molecule has 3 rings (SSSR count). The molecular weight excluding hydrogens is 228 g/mol. The standard InChI is InChI=1S/C13H20N4O/c1-11-15-5-2-12(16-11)17-8-9-18-13(10-17)3-6-14-7-4-13/h2,5,14H,3-4,6-10H2,1H3. The fourth-order valence-electron chi connectivity index (χ4n) is 2.85. The van der Waals surface area contributed by atoms with E-state index in [1.165, 1.54) is 0 Å². The molecule has 18 heavy (non-hydrogen) atoms. The number of aromatic nitrogens is 2. The van der Waals surface area contributed by atoms with Crippen molar-refractivity contribution in [3.05, 3.63) is 18.1 Å². The summed E-state index contributed by atoms with van der Waals surface area (Å²) in [7, 11) is 0. The van der Waals surface area contributed by atoms with Crippen LogP contribution in [0.25, 0.3) is 0 Å². The van der Waals surface area contributed by atoms with E-state index in [9.17, 15) is 0 Å². The molecule has 98 valence electrons. The van der Waals surface area contributed by atoms with Crippen molar-refractivity contribution >= 4 is 5.82 Å². The largest absolute Gasteiger partial charge is 0.371 e. The lowest BCUT2D eigenvalue weighted by atomic mass is 9.90. The van der Waals surface area contributed by atoms with Gasteiger partial charge in [-0.1, -0.05) is 0 Å². The maximum absolute atomic E-state index is 6.06. The number of anilines is 1. The third kappa shape index (κ3) is 2.33. The molecule has 5 heteroatoms. The number of nitrogens with zero attached hydrogens (tertiary/aromatic N) is 3. The van der Waals surface area contributed by atoms with Crippen LogP contribution in [0.4, 0.5) is 5.82 Å². The lowest BCUT2D eigenvalue weighted by molar-refractivity contribution is -0.0740. The maximum atomic E-state index is 6.06. The highest BCUT2D eigenvalue weighted by Gasteiger charge is 2.38. The Balaban J connectivity index is 1.77. The molecular formula is C13H20N4O. The fourth-order valence-corrected chi connectivity index (χ4v) is 2.85. The van der Waals surface area contributed by atoms with E-state index in [1.54, 1.807) is 0 Å². The van der Waals surface area contributed by atoms with Crippen LogP contribution in [0.15, 0.2) is 12.3 Å². The molecule has 0 bridgehead atoms. The minimum Gasteiger partial charge on any atom is -0.371 e. The fraction of sp³-hybridized carbons (Fsp3) is 0.692. The van der Waals surface area contributed by atoms with E-state index < -0.39 is 0 Å². The van der Waals surface area contributed by atoms with Crippen molar-refractivity contribution in [2.75, 3.05) is 37.7 Å². The molecule has 2 aliphatic rings. The molecule has 1 N–H and O–H groups in total. The maximum Gasteiger partial charge on any atom is 0.132 e. The summed E-state index contributed by atoms with van der Waals surface area (Å²) in [5, 5.41) is 3.40. The Morgan fingerprint density at radius 3 is 3.00 bits per heavy atom. The molecule has 2 aliphatic heterocycles. The van der Waals surface area contributed by atoms with E-state index in [4.69, 9.17) is 4.74 Å². The minimum atomic E-state index is 0.0301. The lowest BCUT2D eigenvalue weighted by Crippen LogP contribution is -2.56. The molecule has 0 aromatic carbocycles. The molecule has 2 saturated heterocycles. The van der Waals surface area contributed by atoms with Crippen LogP contribution in [0, 0.1) is 6.92 Å². The summed E-state index contributed by atoms with van der Waals surface area (Å²) >= 11 is 0. The third-order valence-corrected chi connectivity index (χ3v) is 3.85. The van der Waals surface area contributed by atoms with Gasteiger partial charge in [-0.15, -0.1) is 0 Å². The van der Waals surface area contributed by atoms with Crippen LogP contribution in [0.1, 0.15) is 18.7 Å². The van der Waals surface area contributed by atoms with Crippen LogP contribution in [0.3, 0.4) is 0 Å². The molecule has 0 radical (unpaired) electrons. The van der Waals surface area contributed by atoms with E-state index in [0.29, 0.717) is 0 Å². The molecule has 0 atom stereocenters. The van der Waals surface area contributed by atoms with Gasteiger partial charge in [-0.2, -0.15) is 0 Å². The summed E-state index contributed by atoms with van der Waals surface area (Å²) in [5.74, 6) is 1.86. The SMILES string of the molecule is Cc1nccc(N2CCOC3(CCNCC3)C2)n1. The number of morpholine rings is 1. The van der Waals surface area contributed by atoms with Crippen LogP contribution in [-0.4, -0.2) is 48.4 Å². The van der Waals surface area contributed by atoms with Crippen molar-refractivity contribution in [3.63, 3.8) is 0 Å². The van der Waals surface area contributed by atoms with E-state index in [2.05, 4.69) is 20.2 Å². The number of piperidine rings is 1. The molecule has 3 heterocycles. The average molecular weight is 248 g/mol. The van der Waals surface area contributed by atoms with Crippen molar-refractivity contribution in [1.82, 2.24) is 15.3 Å². The van der Waals surface area contributed by atoms with Gasteiger partial charge in [-0.25, -0.2) is 9.97 Å². The normalized spacial score (nSPS) is 23.3. The highest BCUT2D eigenvalue weighted by atomic mass is 16.5. The summed E-state index contributed by atoms with van der Waals surface area (Å²) in [4.78, 5) is 11.0. The predicted molar refractivity (Wildman–Crippen MR) is 69.8 cm³/mol. The zero-order chi connectivity index (χ0) is 12.4. The lowest BCUT2D eigenvalue weighted by Gasteiger charge is -2.45. The second-order valence-corrected chi connectivity index (χ2v) is 5.17. The summed E-state index contributed by atoms with van der Waals surface area (Å²) in [6.07, 6.45) is 4.02. The Bertz CT molecular complexity index is 412. The third-order valence-electron chi connectivity index (χ3n) is 3.85. The van der Waals surface area contributed by atoms with Crippen molar-refractivity contribution in [3.8, 4) is 0 Å². The summed E-state index contributed by atoms with van der Waals surface area (Å²) in [5.41, 5.74) is 0.0301. The Morgan fingerprint density at radius 1 is 1.39 bits per heavy atom. The molecule has 1 aromatic heterocycles. The zero-order valence-electron chi connectivity index (χ0n) is 10.9. The monoisotopic (exact) mass is 248 g/mol. The van der Waals surface area contributed by atoms with Gasteiger partial charge in [0.2, 0.25) is 0 Å². The number of hydrogen-bond acceptors (Lipinski definition) is 5. The van der Waals surface area contributed by atoms with Crippen molar-refractivity contribution in [2.45, 2.75) is 25.4 Å². The summed E-state index contributed by atoms with van der Waals surface area (Å²) < 4.78 is 6.06. The second-order valence-electron chi connectivity index (χ2n) is 5.17. The molecule has 0 unspecified atom stereocenters. The van der Waals surface area contributed by atoms with Crippen LogP contribution in [-0.2, 0) is 4.74 Å². The van der Waals surface area contributed by atoms with Gasteiger partial charge in [0, 0.05) is 19.3 Å². The van der Waals surface area contributed by atoms with Gasteiger partial charge < -0.3 is 15.0 Å². The van der Waals surface area contributed by atoms with E-state index >= 15 is 0 Å². The van der Waals surface area contributed by atoms with Crippen LogP contribution in [0.5, 0.6) is 0 Å². The van der Waals surface area contributed by atoms with Gasteiger partial charge in [0.15, 0.2) is 0 Å². The molecule has 2 fully saturated rings. The first-order chi connectivity index (χ1) is 8.77. The number of hydrogen-bond donors (Lipinski definition) is 1. The van der Waals surface area contributed by atoms with Crippen LogP contribution < -0.4 is 10.2 Å². The number of aryl methyl sites for hydroxylation is 1. The highest BCUT2D eigenvalue weighted by molar-refractivity contribution is 5.38. The quantitative estimate of drug-likeness (QED) is 0.794. The van der Waals surface area contributed by atoms with Gasteiger partial charge in [0.25, 0.3) is 0 Å². The predicted octanol–water partition coefficient (Wildman–Crippen LogP) is 0.744. The number of nitrogens with one attached hydrogen (secondary N) is 1. The van der Waals surface area contributed by atoms with Gasteiger partial charge in [-0.05, 0) is 38.9 Å². The summed E-state index contributed by atoms with van der Waals surface area (Å²) in [6.45, 7) is 6.71. The van der Waals surface area contributed by atoms with Crippen LogP contribution in [0.2, 0.25) is 0 Å². The number of rotatable bonds is 1. The Labute approximate surface area is 108 Å². The molecule has 5 nitrogen and oxygen atoms in total. The van der Waals surface area contributed by atoms with E-state index in [1.807, 2.05) is 19.2 Å². The molecule has 0 amide bonds.